The van der Waals surface area contributed by atoms with Crippen LogP contribution in [-0.4, -0.2) is 24.5 Å². The first-order chi connectivity index (χ1) is 8.27. The fourth-order valence-corrected chi connectivity index (χ4v) is 4.14. The molecule has 1 aromatic rings. The molecule has 17 heavy (non-hydrogen) atoms. The molecule has 0 bridgehead atoms. The van der Waals surface area contributed by atoms with Gasteiger partial charge in [-0.25, -0.2) is 0 Å². The highest BCUT2D eigenvalue weighted by Crippen LogP contribution is 2.38. The smallest absolute Gasteiger partial charge is 0.0484 e. The number of likely N-dealkylation sites (tertiary alicyclic amines) is 1. The first kappa shape index (κ1) is 13.1. The van der Waals surface area contributed by atoms with Crippen molar-refractivity contribution < 1.29 is 0 Å². The lowest BCUT2D eigenvalue weighted by molar-refractivity contribution is 0.169. The molecule has 2 heterocycles. The highest BCUT2D eigenvalue weighted by Gasteiger charge is 2.30. The summed E-state index contributed by atoms with van der Waals surface area (Å²) in [5, 5.41) is 2.22. The molecule has 0 amide bonds. The summed E-state index contributed by atoms with van der Waals surface area (Å²) in [5.41, 5.74) is 7.46. The van der Waals surface area contributed by atoms with Crippen molar-refractivity contribution in [2.75, 3.05) is 19.6 Å². The van der Waals surface area contributed by atoms with E-state index in [1.165, 1.54) is 31.4 Å². The van der Waals surface area contributed by atoms with Crippen LogP contribution in [-0.2, 0) is 0 Å². The molecule has 1 aliphatic heterocycles. The fraction of sp³-hybridized carbons (Fsp3) is 0.714. The summed E-state index contributed by atoms with van der Waals surface area (Å²) in [4.78, 5) is 4.17. The highest BCUT2D eigenvalue weighted by molar-refractivity contribution is 7.10. The lowest BCUT2D eigenvalue weighted by Crippen LogP contribution is -2.35. The van der Waals surface area contributed by atoms with E-state index in [0.717, 1.165) is 13.1 Å². The van der Waals surface area contributed by atoms with Gasteiger partial charge in [0.2, 0.25) is 0 Å². The van der Waals surface area contributed by atoms with E-state index in [0.29, 0.717) is 12.0 Å². The second-order valence-electron chi connectivity index (χ2n) is 5.03. The second kappa shape index (κ2) is 5.98. The number of thiophene rings is 1. The van der Waals surface area contributed by atoms with Crippen molar-refractivity contribution >= 4 is 11.3 Å². The first-order valence-corrected chi connectivity index (χ1v) is 7.64. The summed E-state index contributed by atoms with van der Waals surface area (Å²) in [6.07, 6.45) is 3.94. The van der Waals surface area contributed by atoms with E-state index in [-0.39, 0.29) is 0 Å². The molecule has 96 valence electrons. The van der Waals surface area contributed by atoms with Crippen LogP contribution in [0.15, 0.2) is 11.4 Å². The Balaban J connectivity index is 2.31. The zero-order valence-corrected chi connectivity index (χ0v) is 11.8. The lowest BCUT2D eigenvalue weighted by atomic mass is 9.92. The molecular weight excluding hydrogens is 228 g/mol. The third kappa shape index (κ3) is 2.72. The summed E-state index contributed by atoms with van der Waals surface area (Å²) in [5.74, 6) is 0.634. The number of hydrogen-bond donors (Lipinski definition) is 1. The predicted octanol–water partition coefficient (Wildman–Crippen LogP) is 3.18. The standard InChI is InChI=1S/C14H24N2S/c1-3-16-8-5-4-6-12(10-15)13(16)14-11(2)7-9-17-14/h7,9,12-13H,3-6,8,10,15H2,1-2H3. The van der Waals surface area contributed by atoms with Crippen LogP contribution in [0, 0.1) is 12.8 Å². The second-order valence-corrected chi connectivity index (χ2v) is 5.98. The Kier molecular flexibility index (Phi) is 4.60. The zero-order chi connectivity index (χ0) is 12.3. The lowest BCUT2D eigenvalue weighted by Gasteiger charge is -2.33. The van der Waals surface area contributed by atoms with E-state index < -0.39 is 0 Å². The summed E-state index contributed by atoms with van der Waals surface area (Å²) in [7, 11) is 0. The van der Waals surface area contributed by atoms with Gasteiger partial charge < -0.3 is 5.73 Å². The summed E-state index contributed by atoms with van der Waals surface area (Å²) in [6.45, 7) is 7.69. The molecule has 1 fully saturated rings. The maximum absolute atomic E-state index is 6.01. The van der Waals surface area contributed by atoms with E-state index in [1.807, 2.05) is 11.3 Å². The molecule has 0 aliphatic carbocycles. The minimum atomic E-state index is 0.562. The Morgan fingerprint density at radius 2 is 2.29 bits per heavy atom. The maximum atomic E-state index is 6.01. The quantitative estimate of drug-likeness (QED) is 0.895. The van der Waals surface area contributed by atoms with Crippen molar-refractivity contribution in [2.45, 2.75) is 39.2 Å². The maximum Gasteiger partial charge on any atom is 0.0484 e. The fourth-order valence-electron chi connectivity index (χ4n) is 2.99. The van der Waals surface area contributed by atoms with Gasteiger partial charge in [0.05, 0.1) is 0 Å². The van der Waals surface area contributed by atoms with Crippen LogP contribution in [0.3, 0.4) is 0 Å². The molecule has 0 saturated carbocycles. The molecule has 2 nitrogen and oxygen atoms in total. The van der Waals surface area contributed by atoms with Crippen molar-refractivity contribution in [1.82, 2.24) is 4.90 Å². The van der Waals surface area contributed by atoms with Crippen LogP contribution in [0.25, 0.3) is 0 Å². The number of rotatable bonds is 3. The molecule has 1 aromatic heterocycles. The van der Waals surface area contributed by atoms with Gasteiger partial charge in [0.25, 0.3) is 0 Å². The van der Waals surface area contributed by atoms with Crippen molar-refractivity contribution in [3.63, 3.8) is 0 Å². The van der Waals surface area contributed by atoms with Crippen molar-refractivity contribution in [3.8, 4) is 0 Å². The van der Waals surface area contributed by atoms with Gasteiger partial charge in [-0.15, -0.1) is 11.3 Å². The highest BCUT2D eigenvalue weighted by atomic mass is 32.1. The molecule has 2 atom stereocenters. The molecule has 2 N–H and O–H groups in total. The van der Waals surface area contributed by atoms with Crippen molar-refractivity contribution in [1.29, 1.82) is 0 Å². The molecule has 1 saturated heterocycles. The summed E-state index contributed by atoms with van der Waals surface area (Å²) < 4.78 is 0. The first-order valence-electron chi connectivity index (χ1n) is 6.76. The van der Waals surface area contributed by atoms with Crippen molar-refractivity contribution in [2.24, 2.45) is 11.7 Å². The molecule has 2 rings (SSSR count). The van der Waals surface area contributed by atoms with Gasteiger partial charge in [-0.2, -0.15) is 0 Å². The van der Waals surface area contributed by atoms with Gasteiger partial charge in [-0.1, -0.05) is 13.3 Å². The van der Waals surface area contributed by atoms with Crippen LogP contribution in [0.5, 0.6) is 0 Å². The van der Waals surface area contributed by atoms with Gasteiger partial charge in [-0.3, -0.25) is 4.90 Å². The normalized spacial score (nSPS) is 27.0. The Bertz CT molecular complexity index is 334. The minimum absolute atomic E-state index is 0.562. The Labute approximate surface area is 109 Å². The molecule has 0 radical (unpaired) electrons. The van der Waals surface area contributed by atoms with E-state index in [2.05, 4.69) is 30.2 Å². The number of aryl methyl sites for hydroxylation is 1. The van der Waals surface area contributed by atoms with E-state index in [4.69, 9.17) is 5.73 Å². The Morgan fingerprint density at radius 3 is 2.88 bits per heavy atom. The molecule has 1 aliphatic rings. The van der Waals surface area contributed by atoms with E-state index >= 15 is 0 Å². The van der Waals surface area contributed by atoms with Gasteiger partial charge >= 0.3 is 0 Å². The third-order valence-electron chi connectivity index (χ3n) is 3.99. The van der Waals surface area contributed by atoms with E-state index in [9.17, 15) is 0 Å². The van der Waals surface area contributed by atoms with Gasteiger partial charge in [0, 0.05) is 10.9 Å². The topological polar surface area (TPSA) is 29.3 Å². The average molecular weight is 252 g/mol. The van der Waals surface area contributed by atoms with Gasteiger partial charge in [0.15, 0.2) is 0 Å². The van der Waals surface area contributed by atoms with E-state index in [1.54, 1.807) is 4.88 Å². The number of hydrogen-bond acceptors (Lipinski definition) is 3. The Hall–Kier alpha value is -0.380. The predicted molar refractivity (Wildman–Crippen MR) is 75.4 cm³/mol. The largest absolute Gasteiger partial charge is 0.330 e. The van der Waals surface area contributed by atoms with Crippen LogP contribution in [0.4, 0.5) is 0 Å². The molecule has 2 unspecified atom stereocenters. The minimum Gasteiger partial charge on any atom is -0.330 e. The molecule has 3 heteroatoms. The van der Waals surface area contributed by atoms with Crippen LogP contribution in [0.2, 0.25) is 0 Å². The van der Waals surface area contributed by atoms with Crippen LogP contribution < -0.4 is 5.73 Å². The SMILES string of the molecule is CCN1CCCCC(CN)C1c1sccc1C. The van der Waals surface area contributed by atoms with Gasteiger partial charge in [-0.05, 0) is 62.3 Å². The van der Waals surface area contributed by atoms with Crippen molar-refractivity contribution in [3.05, 3.63) is 21.9 Å². The average Bonchev–Trinajstić information content (AvgIpc) is 2.65. The molecular formula is C14H24N2S. The van der Waals surface area contributed by atoms with Crippen LogP contribution >= 0.6 is 11.3 Å². The number of nitrogens with zero attached hydrogens (tertiary/aromatic N) is 1. The van der Waals surface area contributed by atoms with Gasteiger partial charge in [0.1, 0.15) is 0 Å². The molecule has 0 aromatic carbocycles. The van der Waals surface area contributed by atoms with Crippen LogP contribution in [0.1, 0.15) is 42.7 Å². The molecule has 0 spiro atoms. The summed E-state index contributed by atoms with van der Waals surface area (Å²) in [6, 6.07) is 2.80. The Morgan fingerprint density at radius 1 is 1.47 bits per heavy atom. The zero-order valence-electron chi connectivity index (χ0n) is 11.0. The monoisotopic (exact) mass is 252 g/mol. The third-order valence-corrected chi connectivity index (χ3v) is 5.08. The summed E-state index contributed by atoms with van der Waals surface area (Å²) >= 11 is 1.91. The number of nitrogens with two attached hydrogens (primary N) is 1.